The lowest BCUT2D eigenvalue weighted by atomic mass is 9.93. The summed E-state index contributed by atoms with van der Waals surface area (Å²) in [6, 6.07) is 7.28. The molecule has 0 radical (unpaired) electrons. The topological polar surface area (TPSA) is 64.0 Å². The Morgan fingerprint density at radius 1 is 1.08 bits per heavy atom. The number of aromatic hydroxyl groups is 1. The molecule has 2 heterocycles. The Morgan fingerprint density at radius 3 is 2.58 bits per heavy atom. The van der Waals surface area contributed by atoms with Gasteiger partial charge in [0.1, 0.15) is 5.75 Å². The fourth-order valence-corrected chi connectivity index (χ4v) is 4.38. The highest BCUT2D eigenvalue weighted by molar-refractivity contribution is 5.84. The summed E-state index contributed by atoms with van der Waals surface area (Å²) < 4.78 is 0. The summed E-state index contributed by atoms with van der Waals surface area (Å²) in [5.74, 6) is 1.20. The third-order valence-corrected chi connectivity index (χ3v) is 5.97. The number of nitrogens with zero attached hydrogens (tertiary/aromatic N) is 2. The molecular formula is C21H32N2O3. The average molecular weight is 360 g/mol. The zero-order valence-corrected chi connectivity index (χ0v) is 15.6. The molecular weight excluding hydrogens is 328 g/mol. The molecule has 2 aliphatic rings. The van der Waals surface area contributed by atoms with Crippen molar-refractivity contribution in [1.29, 1.82) is 0 Å². The first kappa shape index (κ1) is 19.3. The normalized spacial score (nSPS) is 23.2. The van der Waals surface area contributed by atoms with Gasteiger partial charge in [-0.2, -0.15) is 0 Å². The van der Waals surface area contributed by atoms with Crippen LogP contribution in [-0.2, 0) is 11.2 Å². The molecule has 3 rings (SSSR count). The Morgan fingerprint density at radius 2 is 1.85 bits per heavy atom. The first-order chi connectivity index (χ1) is 12.7. The quantitative estimate of drug-likeness (QED) is 0.783. The van der Waals surface area contributed by atoms with Crippen molar-refractivity contribution in [3.63, 3.8) is 0 Å². The summed E-state index contributed by atoms with van der Waals surface area (Å²) >= 11 is 0. The molecule has 1 aromatic rings. The van der Waals surface area contributed by atoms with Crippen molar-refractivity contribution in [2.24, 2.45) is 5.92 Å². The third kappa shape index (κ3) is 4.84. The number of hydrogen-bond donors (Lipinski definition) is 2. The minimum absolute atomic E-state index is 0.0102. The first-order valence-corrected chi connectivity index (χ1v) is 10.1. The fourth-order valence-electron chi connectivity index (χ4n) is 4.38. The molecule has 0 amide bonds. The Balaban J connectivity index is 1.56. The number of benzene rings is 1. The fraction of sp³-hybridized carbons (Fsp3) is 0.667. The molecule has 2 saturated heterocycles. The summed E-state index contributed by atoms with van der Waals surface area (Å²) in [5.41, 5.74) is 0.855. The van der Waals surface area contributed by atoms with Crippen molar-refractivity contribution in [2.75, 3.05) is 26.2 Å². The van der Waals surface area contributed by atoms with Crippen molar-refractivity contribution in [2.45, 2.75) is 57.4 Å². The van der Waals surface area contributed by atoms with Gasteiger partial charge in [0.05, 0.1) is 6.04 Å². The molecule has 26 heavy (non-hydrogen) atoms. The smallest absolute Gasteiger partial charge is 0.151 e. The van der Waals surface area contributed by atoms with Crippen LogP contribution in [-0.4, -0.2) is 58.3 Å². The van der Waals surface area contributed by atoms with Crippen LogP contribution >= 0.6 is 0 Å². The molecule has 1 aromatic carbocycles. The summed E-state index contributed by atoms with van der Waals surface area (Å²) in [6.45, 7) is 3.24. The lowest BCUT2D eigenvalue weighted by Crippen LogP contribution is -2.56. The number of carbonyl (C=O) groups is 1. The summed E-state index contributed by atoms with van der Waals surface area (Å²) in [7, 11) is 0. The number of phenolic OH excluding ortho intramolecular Hbond substituents is 1. The highest BCUT2D eigenvalue weighted by Gasteiger charge is 2.33. The van der Waals surface area contributed by atoms with Crippen LogP contribution < -0.4 is 0 Å². The van der Waals surface area contributed by atoms with Crippen LogP contribution in [0.2, 0.25) is 0 Å². The van der Waals surface area contributed by atoms with Gasteiger partial charge in [-0.1, -0.05) is 24.6 Å². The number of para-hydroxylation sites is 1. The number of phenols is 1. The maximum atomic E-state index is 12.9. The minimum atomic E-state index is -0.0102. The van der Waals surface area contributed by atoms with Gasteiger partial charge >= 0.3 is 0 Å². The molecule has 144 valence electrons. The third-order valence-electron chi connectivity index (χ3n) is 5.97. The molecule has 1 atom stereocenters. The number of aliphatic hydroxyl groups excluding tert-OH is 1. The van der Waals surface area contributed by atoms with Crippen LogP contribution in [0.3, 0.4) is 0 Å². The number of Topliss-reactive ketones (excluding diaryl/α,β-unsaturated/α-hetero) is 1. The maximum Gasteiger partial charge on any atom is 0.151 e. The van der Waals surface area contributed by atoms with E-state index in [1.807, 2.05) is 18.2 Å². The molecule has 0 saturated carbocycles. The van der Waals surface area contributed by atoms with E-state index in [-0.39, 0.29) is 18.4 Å². The SMILES string of the molecule is O=C(CCc1ccccc1O)C1CCCCN1N1CCC(CCO)CC1. The molecule has 5 nitrogen and oxygen atoms in total. The van der Waals surface area contributed by atoms with E-state index in [2.05, 4.69) is 10.0 Å². The van der Waals surface area contributed by atoms with Crippen LogP contribution in [0.1, 0.15) is 50.5 Å². The second-order valence-electron chi connectivity index (χ2n) is 7.68. The van der Waals surface area contributed by atoms with E-state index in [1.54, 1.807) is 6.07 Å². The van der Waals surface area contributed by atoms with Crippen LogP contribution in [0.25, 0.3) is 0 Å². The van der Waals surface area contributed by atoms with Gasteiger partial charge in [0.15, 0.2) is 5.78 Å². The van der Waals surface area contributed by atoms with E-state index in [4.69, 9.17) is 5.11 Å². The summed E-state index contributed by atoms with van der Waals surface area (Å²) in [4.78, 5) is 12.9. The average Bonchev–Trinajstić information content (AvgIpc) is 2.68. The van der Waals surface area contributed by atoms with Gasteiger partial charge < -0.3 is 10.2 Å². The Hall–Kier alpha value is -1.43. The van der Waals surface area contributed by atoms with Gasteiger partial charge in [-0.15, -0.1) is 0 Å². The van der Waals surface area contributed by atoms with Gasteiger partial charge in [-0.05, 0) is 56.1 Å². The van der Waals surface area contributed by atoms with Gasteiger partial charge in [0, 0.05) is 32.7 Å². The van der Waals surface area contributed by atoms with Crippen LogP contribution in [0.5, 0.6) is 5.75 Å². The summed E-state index contributed by atoms with van der Waals surface area (Å²) in [5, 5.41) is 23.8. The number of aryl methyl sites for hydroxylation is 1. The van der Waals surface area contributed by atoms with Crippen LogP contribution in [0.15, 0.2) is 24.3 Å². The zero-order chi connectivity index (χ0) is 18.4. The number of hydrazine groups is 1. The van der Waals surface area contributed by atoms with Gasteiger partial charge in [-0.25, -0.2) is 10.0 Å². The highest BCUT2D eigenvalue weighted by Crippen LogP contribution is 2.27. The molecule has 5 heteroatoms. The largest absolute Gasteiger partial charge is 0.508 e. The highest BCUT2D eigenvalue weighted by atomic mass is 16.3. The second kappa shape index (κ2) is 9.49. The van der Waals surface area contributed by atoms with E-state index in [1.165, 1.54) is 0 Å². The van der Waals surface area contributed by atoms with E-state index in [9.17, 15) is 9.90 Å². The number of rotatable bonds is 7. The molecule has 0 spiro atoms. The lowest BCUT2D eigenvalue weighted by molar-refractivity contribution is -0.142. The van der Waals surface area contributed by atoms with Crippen molar-refractivity contribution in [1.82, 2.24) is 10.0 Å². The number of aliphatic hydroxyl groups is 1. The van der Waals surface area contributed by atoms with Crippen molar-refractivity contribution in [3.8, 4) is 5.75 Å². The monoisotopic (exact) mass is 360 g/mol. The molecule has 0 aliphatic carbocycles. The van der Waals surface area contributed by atoms with Crippen LogP contribution in [0.4, 0.5) is 0 Å². The van der Waals surface area contributed by atoms with Crippen molar-refractivity contribution < 1.29 is 15.0 Å². The van der Waals surface area contributed by atoms with Crippen molar-refractivity contribution >= 4 is 5.78 Å². The number of piperidine rings is 2. The molecule has 1 unspecified atom stereocenters. The maximum absolute atomic E-state index is 12.9. The lowest BCUT2D eigenvalue weighted by Gasteiger charge is -2.45. The molecule has 0 bridgehead atoms. The number of ketones is 1. The molecule has 0 aromatic heterocycles. The zero-order valence-electron chi connectivity index (χ0n) is 15.6. The molecule has 2 fully saturated rings. The Bertz CT molecular complexity index is 584. The number of carbonyl (C=O) groups excluding carboxylic acids is 1. The first-order valence-electron chi connectivity index (χ1n) is 10.1. The van der Waals surface area contributed by atoms with Crippen LogP contribution in [0, 0.1) is 5.92 Å². The van der Waals surface area contributed by atoms with E-state index in [0.29, 0.717) is 24.5 Å². The standard InChI is InChI=1S/C21H32N2O3/c24-16-12-17-10-14-22(15-11-17)23-13-4-3-6-19(23)21(26)9-8-18-5-1-2-7-20(18)25/h1-2,5,7,17,19,24-25H,3-4,6,8-16H2. The van der Waals surface area contributed by atoms with Gasteiger partial charge in [-0.3, -0.25) is 4.79 Å². The van der Waals surface area contributed by atoms with E-state index >= 15 is 0 Å². The minimum Gasteiger partial charge on any atom is -0.508 e. The predicted molar refractivity (Wildman–Crippen MR) is 102 cm³/mol. The Kier molecular flexibility index (Phi) is 7.06. The van der Waals surface area contributed by atoms with Gasteiger partial charge in [0.25, 0.3) is 0 Å². The van der Waals surface area contributed by atoms with E-state index in [0.717, 1.165) is 63.7 Å². The molecule has 2 aliphatic heterocycles. The van der Waals surface area contributed by atoms with Crippen molar-refractivity contribution in [3.05, 3.63) is 29.8 Å². The predicted octanol–water partition coefficient (Wildman–Crippen LogP) is 2.76. The summed E-state index contributed by atoms with van der Waals surface area (Å²) in [6.07, 6.45) is 7.41. The number of hydrogen-bond acceptors (Lipinski definition) is 5. The molecule has 2 N–H and O–H groups in total. The Labute approximate surface area is 156 Å². The van der Waals surface area contributed by atoms with E-state index < -0.39 is 0 Å². The second-order valence-corrected chi connectivity index (χ2v) is 7.68. The van der Waals surface area contributed by atoms with Gasteiger partial charge in [0.2, 0.25) is 0 Å².